The van der Waals surface area contributed by atoms with Gasteiger partial charge in [-0.2, -0.15) is 4.98 Å². The van der Waals surface area contributed by atoms with Crippen molar-refractivity contribution in [3.05, 3.63) is 64.9 Å². The molecule has 1 amide bonds. The predicted molar refractivity (Wildman–Crippen MR) is 94.8 cm³/mol. The molecular formula is C17H16ClN5O2. The largest absolute Gasteiger partial charge is 0.352 e. The van der Waals surface area contributed by atoms with E-state index < -0.39 is 0 Å². The molecule has 0 atom stereocenters. The van der Waals surface area contributed by atoms with Crippen molar-refractivity contribution in [2.24, 2.45) is 0 Å². The van der Waals surface area contributed by atoms with Gasteiger partial charge in [0.25, 0.3) is 5.91 Å². The van der Waals surface area contributed by atoms with Gasteiger partial charge in [-0.15, -0.1) is 0 Å². The zero-order chi connectivity index (χ0) is 17.8. The van der Waals surface area contributed by atoms with Crippen LogP contribution in [0.5, 0.6) is 0 Å². The Bertz CT molecular complexity index is 879. The number of carbonyl (C=O) groups excluding carboxylic acids is 1. The van der Waals surface area contributed by atoms with Crippen LogP contribution in [0.25, 0.3) is 0 Å². The van der Waals surface area contributed by atoms with E-state index in [2.05, 4.69) is 20.4 Å². The first-order valence-electron chi connectivity index (χ1n) is 7.54. The fraction of sp³-hybridized carbons (Fsp3) is 0.176. The second kappa shape index (κ2) is 7.31. The molecule has 0 unspecified atom stereocenters. The van der Waals surface area contributed by atoms with Gasteiger partial charge < -0.3 is 14.7 Å². The number of nitrogens with one attached hydrogen (secondary N) is 1. The molecule has 0 fully saturated rings. The maximum atomic E-state index is 12.3. The highest BCUT2D eigenvalue weighted by Crippen LogP contribution is 2.17. The van der Waals surface area contributed by atoms with Crippen molar-refractivity contribution in [1.29, 1.82) is 0 Å². The summed E-state index contributed by atoms with van der Waals surface area (Å²) in [7, 11) is 1.86. The van der Waals surface area contributed by atoms with Crippen LogP contribution in [0.4, 0.5) is 11.5 Å². The van der Waals surface area contributed by atoms with Crippen molar-refractivity contribution in [2.45, 2.75) is 13.5 Å². The topological polar surface area (TPSA) is 84.2 Å². The van der Waals surface area contributed by atoms with Crippen molar-refractivity contribution in [3.63, 3.8) is 0 Å². The summed E-state index contributed by atoms with van der Waals surface area (Å²) in [5, 5.41) is 7.19. The van der Waals surface area contributed by atoms with E-state index in [1.807, 2.05) is 11.9 Å². The van der Waals surface area contributed by atoms with Gasteiger partial charge in [0.15, 0.2) is 5.82 Å². The van der Waals surface area contributed by atoms with E-state index in [-0.39, 0.29) is 5.91 Å². The summed E-state index contributed by atoms with van der Waals surface area (Å²) >= 11 is 5.91. The first-order valence-corrected chi connectivity index (χ1v) is 7.92. The van der Waals surface area contributed by atoms with E-state index in [1.165, 1.54) is 6.20 Å². The van der Waals surface area contributed by atoms with E-state index in [0.29, 0.717) is 40.4 Å². The number of aryl methyl sites for hydroxylation is 1. The minimum atomic E-state index is -0.252. The number of halogens is 1. The third kappa shape index (κ3) is 4.33. The van der Waals surface area contributed by atoms with Crippen LogP contribution in [0, 0.1) is 6.92 Å². The Hall–Kier alpha value is -2.93. The SMILES string of the molecule is Cc1nc(CN(C)c2ccc(C(=O)Nc3cccc(Cl)c3)cn2)no1. The highest BCUT2D eigenvalue weighted by molar-refractivity contribution is 6.30. The highest BCUT2D eigenvalue weighted by Gasteiger charge is 2.11. The van der Waals surface area contributed by atoms with E-state index in [4.69, 9.17) is 16.1 Å². The average Bonchev–Trinajstić information content (AvgIpc) is 3.00. The fourth-order valence-corrected chi connectivity index (χ4v) is 2.40. The van der Waals surface area contributed by atoms with Gasteiger partial charge in [0.1, 0.15) is 5.82 Å². The lowest BCUT2D eigenvalue weighted by Gasteiger charge is -2.16. The molecule has 0 aliphatic carbocycles. The molecule has 3 rings (SSSR count). The number of benzene rings is 1. The highest BCUT2D eigenvalue weighted by atomic mass is 35.5. The Kier molecular flexibility index (Phi) is 4.95. The zero-order valence-electron chi connectivity index (χ0n) is 13.7. The van der Waals surface area contributed by atoms with Gasteiger partial charge in [0, 0.05) is 30.9 Å². The lowest BCUT2D eigenvalue weighted by Crippen LogP contribution is -2.19. The van der Waals surface area contributed by atoms with Gasteiger partial charge in [-0.25, -0.2) is 4.98 Å². The monoisotopic (exact) mass is 357 g/mol. The van der Waals surface area contributed by atoms with Crippen LogP contribution >= 0.6 is 11.6 Å². The second-order valence-corrected chi connectivity index (χ2v) is 5.89. The van der Waals surface area contributed by atoms with Crippen molar-refractivity contribution < 1.29 is 9.32 Å². The molecule has 2 heterocycles. The molecule has 25 heavy (non-hydrogen) atoms. The summed E-state index contributed by atoms with van der Waals surface area (Å²) in [6.07, 6.45) is 1.52. The summed E-state index contributed by atoms with van der Waals surface area (Å²) in [6.45, 7) is 2.19. The Morgan fingerprint density at radius 3 is 2.80 bits per heavy atom. The molecule has 0 aliphatic heterocycles. The molecule has 0 saturated heterocycles. The Labute approximate surface area is 149 Å². The van der Waals surface area contributed by atoms with Gasteiger partial charge in [0.2, 0.25) is 5.89 Å². The fourth-order valence-electron chi connectivity index (χ4n) is 2.21. The van der Waals surface area contributed by atoms with Crippen LogP contribution in [0.1, 0.15) is 22.1 Å². The number of nitrogens with zero attached hydrogens (tertiary/aromatic N) is 4. The minimum Gasteiger partial charge on any atom is -0.352 e. The molecule has 7 nitrogen and oxygen atoms in total. The smallest absolute Gasteiger partial charge is 0.257 e. The Morgan fingerprint density at radius 2 is 2.16 bits per heavy atom. The molecule has 3 aromatic rings. The van der Waals surface area contributed by atoms with Crippen molar-refractivity contribution in [2.75, 3.05) is 17.3 Å². The number of hydrogen-bond donors (Lipinski definition) is 1. The van der Waals surface area contributed by atoms with Gasteiger partial charge in [-0.05, 0) is 30.3 Å². The van der Waals surface area contributed by atoms with Crippen LogP contribution in [-0.2, 0) is 6.54 Å². The third-order valence-electron chi connectivity index (χ3n) is 3.43. The predicted octanol–water partition coefficient (Wildman–Crippen LogP) is 3.32. The summed E-state index contributed by atoms with van der Waals surface area (Å²) in [5.74, 6) is 1.54. The minimum absolute atomic E-state index is 0.252. The van der Waals surface area contributed by atoms with E-state index in [0.717, 1.165) is 0 Å². The summed E-state index contributed by atoms with van der Waals surface area (Å²) in [5.41, 5.74) is 1.08. The molecule has 2 aromatic heterocycles. The lowest BCUT2D eigenvalue weighted by atomic mass is 10.2. The third-order valence-corrected chi connectivity index (χ3v) is 3.67. The number of carbonyl (C=O) groups is 1. The average molecular weight is 358 g/mol. The molecule has 128 valence electrons. The van der Waals surface area contributed by atoms with E-state index in [1.54, 1.807) is 43.3 Å². The summed E-state index contributed by atoms with van der Waals surface area (Å²) < 4.78 is 4.95. The molecule has 0 radical (unpaired) electrons. The van der Waals surface area contributed by atoms with E-state index >= 15 is 0 Å². The number of aromatic nitrogens is 3. The molecule has 1 aromatic carbocycles. The lowest BCUT2D eigenvalue weighted by molar-refractivity contribution is 0.102. The van der Waals surface area contributed by atoms with Crippen molar-refractivity contribution in [3.8, 4) is 0 Å². The van der Waals surface area contributed by atoms with Crippen molar-refractivity contribution >= 4 is 29.0 Å². The molecular weight excluding hydrogens is 342 g/mol. The zero-order valence-corrected chi connectivity index (χ0v) is 14.5. The number of pyridine rings is 1. The van der Waals surface area contributed by atoms with E-state index in [9.17, 15) is 4.79 Å². The number of hydrogen-bond acceptors (Lipinski definition) is 6. The molecule has 0 saturated carbocycles. The molecule has 0 aliphatic rings. The van der Waals surface area contributed by atoms with Crippen LogP contribution in [-0.4, -0.2) is 28.1 Å². The summed E-state index contributed by atoms with van der Waals surface area (Å²) in [4.78, 5) is 22.6. The number of anilines is 2. The van der Waals surface area contributed by atoms with Crippen LogP contribution in [0.15, 0.2) is 47.1 Å². The first-order chi connectivity index (χ1) is 12.0. The first kappa shape index (κ1) is 16.9. The van der Waals surface area contributed by atoms with Crippen molar-refractivity contribution in [1.82, 2.24) is 15.1 Å². The van der Waals surface area contributed by atoms with Gasteiger partial charge in [0.05, 0.1) is 12.1 Å². The van der Waals surface area contributed by atoms with Crippen LogP contribution in [0.3, 0.4) is 0 Å². The number of rotatable bonds is 5. The molecule has 8 heteroatoms. The molecule has 1 N–H and O–H groups in total. The maximum absolute atomic E-state index is 12.3. The Balaban J connectivity index is 1.65. The normalized spacial score (nSPS) is 10.5. The quantitative estimate of drug-likeness (QED) is 0.754. The number of amides is 1. The molecule has 0 bridgehead atoms. The summed E-state index contributed by atoms with van der Waals surface area (Å²) in [6, 6.07) is 10.4. The second-order valence-electron chi connectivity index (χ2n) is 5.46. The molecule has 0 spiro atoms. The maximum Gasteiger partial charge on any atom is 0.257 e. The Morgan fingerprint density at radius 1 is 1.32 bits per heavy atom. The van der Waals surface area contributed by atoms with Gasteiger partial charge in [-0.1, -0.05) is 22.8 Å². The van der Waals surface area contributed by atoms with Crippen LogP contribution < -0.4 is 10.2 Å². The van der Waals surface area contributed by atoms with Crippen LogP contribution in [0.2, 0.25) is 5.02 Å². The van der Waals surface area contributed by atoms with Gasteiger partial charge in [-0.3, -0.25) is 4.79 Å². The standard InChI is InChI=1S/C17H16ClN5O2/c1-11-20-15(22-25-11)10-23(2)16-7-6-12(9-19-16)17(24)21-14-5-3-4-13(18)8-14/h3-9H,10H2,1-2H3,(H,21,24). The van der Waals surface area contributed by atoms with Gasteiger partial charge >= 0.3 is 0 Å².